The topological polar surface area (TPSA) is 50.6 Å². The van der Waals surface area contributed by atoms with Gasteiger partial charge >= 0.3 is 0 Å². The fourth-order valence-corrected chi connectivity index (χ4v) is 4.41. The molecule has 4 rings (SSSR count). The molecule has 1 aromatic heterocycles. The lowest BCUT2D eigenvalue weighted by Gasteiger charge is -2.47. The van der Waals surface area contributed by atoms with Crippen molar-refractivity contribution in [3.63, 3.8) is 0 Å². The van der Waals surface area contributed by atoms with E-state index < -0.39 is 0 Å². The number of hydrogen-bond donors (Lipinski definition) is 0. The first-order chi connectivity index (χ1) is 11.6. The summed E-state index contributed by atoms with van der Waals surface area (Å²) in [7, 11) is 0. The number of ether oxygens (including phenoxy) is 1. The van der Waals surface area contributed by atoms with Gasteiger partial charge < -0.3 is 9.64 Å². The molecule has 0 saturated carbocycles. The van der Waals surface area contributed by atoms with Crippen LogP contribution in [0.3, 0.4) is 0 Å². The predicted molar refractivity (Wildman–Crippen MR) is 91.1 cm³/mol. The van der Waals surface area contributed by atoms with E-state index in [0.29, 0.717) is 6.04 Å². The Hall–Kier alpha value is -1.40. The Morgan fingerprint density at radius 1 is 1.33 bits per heavy atom. The highest BCUT2D eigenvalue weighted by atomic mass is 16.5. The normalized spacial score (nSPS) is 26.8. The highest BCUT2D eigenvalue weighted by molar-refractivity contribution is 5.95. The smallest absolute Gasteiger partial charge is 0.257 e. The van der Waals surface area contributed by atoms with Gasteiger partial charge in [0.25, 0.3) is 5.91 Å². The molecule has 3 fully saturated rings. The lowest BCUT2D eigenvalue weighted by molar-refractivity contribution is -0.0951. The van der Waals surface area contributed by atoms with Crippen molar-refractivity contribution >= 4 is 5.91 Å². The SMILES string of the molecule is CCn1cc(C(=O)N2CC3(CC(N4CCCCC4)CO3)C2)c(C)n1. The number of carbonyl (C=O) groups is 1. The summed E-state index contributed by atoms with van der Waals surface area (Å²) in [4.78, 5) is 17.2. The van der Waals surface area contributed by atoms with Gasteiger partial charge in [0.2, 0.25) is 0 Å². The third-order valence-electron chi connectivity index (χ3n) is 5.84. The van der Waals surface area contributed by atoms with Crippen LogP contribution in [0, 0.1) is 6.92 Å². The first kappa shape index (κ1) is 16.1. The van der Waals surface area contributed by atoms with Crippen molar-refractivity contribution in [2.24, 2.45) is 0 Å². The number of nitrogens with zero attached hydrogens (tertiary/aromatic N) is 4. The summed E-state index contributed by atoms with van der Waals surface area (Å²) in [6.45, 7) is 9.44. The molecule has 6 nitrogen and oxygen atoms in total. The molecule has 1 atom stereocenters. The molecule has 0 bridgehead atoms. The van der Waals surface area contributed by atoms with Crippen molar-refractivity contribution in [3.8, 4) is 0 Å². The van der Waals surface area contributed by atoms with Crippen LogP contribution < -0.4 is 0 Å². The van der Waals surface area contributed by atoms with E-state index in [0.717, 1.165) is 43.9 Å². The molecule has 3 saturated heterocycles. The summed E-state index contributed by atoms with van der Waals surface area (Å²) in [6.07, 6.45) is 6.94. The standard InChI is InChI=1S/C18H28N4O2/c1-3-22-10-16(14(2)19-22)17(23)21-12-18(13-21)9-15(11-24-18)20-7-5-4-6-8-20/h10,15H,3-9,11-13H2,1-2H3. The van der Waals surface area contributed by atoms with Crippen LogP contribution in [0.25, 0.3) is 0 Å². The zero-order chi connectivity index (χ0) is 16.7. The van der Waals surface area contributed by atoms with E-state index >= 15 is 0 Å². The lowest BCUT2D eigenvalue weighted by Crippen LogP contribution is -2.63. The van der Waals surface area contributed by atoms with Crippen LogP contribution >= 0.6 is 0 Å². The molecule has 3 aliphatic rings. The van der Waals surface area contributed by atoms with Crippen LogP contribution in [-0.2, 0) is 11.3 Å². The van der Waals surface area contributed by atoms with E-state index in [9.17, 15) is 4.79 Å². The maximum Gasteiger partial charge on any atom is 0.257 e. The van der Waals surface area contributed by atoms with E-state index in [-0.39, 0.29) is 11.5 Å². The van der Waals surface area contributed by atoms with Crippen molar-refractivity contribution in [1.29, 1.82) is 0 Å². The molecule has 0 radical (unpaired) electrons. The van der Waals surface area contributed by atoms with Gasteiger partial charge in [0.05, 0.1) is 31.0 Å². The molecular weight excluding hydrogens is 304 g/mol. The van der Waals surface area contributed by atoms with Crippen molar-refractivity contribution in [2.75, 3.05) is 32.8 Å². The monoisotopic (exact) mass is 332 g/mol. The number of piperidine rings is 1. The first-order valence-electron chi connectivity index (χ1n) is 9.31. The lowest BCUT2D eigenvalue weighted by atomic mass is 9.88. The van der Waals surface area contributed by atoms with Crippen LogP contribution in [0.2, 0.25) is 0 Å². The minimum absolute atomic E-state index is 0.0908. The molecule has 6 heteroatoms. The largest absolute Gasteiger partial charge is 0.370 e. The zero-order valence-corrected chi connectivity index (χ0v) is 14.8. The molecule has 24 heavy (non-hydrogen) atoms. The van der Waals surface area contributed by atoms with Gasteiger partial charge in [-0.1, -0.05) is 6.42 Å². The van der Waals surface area contributed by atoms with Crippen LogP contribution in [0.1, 0.15) is 48.7 Å². The van der Waals surface area contributed by atoms with E-state index in [4.69, 9.17) is 4.74 Å². The molecule has 1 unspecified atom stereocenters. The van der Waals surface area contributed by atoms with Crippen molar-refractivity contribution in [2.45, 2.75) is 57.7 Å². The summed E-state index contributed by atoms with van der Waals surface area (Å²) in [5.74, 6) is 0.0999. The highest BCUT2D eigenvalue weighted by Crippen LogP contribution is 2.38. The Bertz CT molecular complexity index is 615. The van der Waals surface area contributed by atoms with E-state index in [1.54, 1.807) is 0 Å². The average molecular weight is 332 g/mol. The minimum Gasteiger partial charge on any atom is -0.370 e. The van der Waals surface area contributed by atoms with E-state index in [1.807, 2.05) is 29.6 Å². The number of carbonyl (C=O) groups excluding carboxylic acids is 1. The third kappa shape index (κ3) is 2.75. The van der Waals surface area contributed by atoms with Gasteiger partial charge in [-0.25, -0.2) is 0 Å². The second-order valence-corrected chi connectivity index (χ2v) is 7.59. The number of aromatic nitrogens is 2. The predicted octanol–water partition coefficient (Wildman–Crippen LogP) is 1.68. The summed E-state index contributed by atoms with van der Waals surface area (Å²) in [5.41, 5.74) is 1.46. The van der Waals surface area contributed by atoms with Gasteiger partial charge in [0.1, 0.15) is 5.60 Å². The summed E-state index contributed by atoms with van der Waals surface area (Å²) in [5, 5.41) is 4.38. The average Bonchev–Trinajstić information content (AvgIpc) is 3.18. The number of likely N-dealkylation sites (tertiary alicyclic amines) is 2. The minimum atomic E-state index is -0.0908. The van der Waals surface area contributed by atoms with Crippen molar-refractivity contribution < 1.29 is 9.53 Å². The van der Waals surface area contributed by atoms with Crippen molar-refractivity contribution in [3.05, 3.63) is 17.5 Å². The fraction of sp³-hybridized carbons (Fsp3) is 0.778. The molecule has 132 valence electrons. The van der Waals surface area contributed by atoms with Crippen LogP contribution in [0.5, 0.6) is 0 Å². The molecule has 0 aromatic carbocycles. The Balaban J connectivity index is 1.35. The van der Waals surface area contributed by atoms with Crippen LogP contribution in [-0.4, -0.2) is 69.9 Å². The Morgan fingerprint density at radius 2 is 2.08 bits per heavy atom. The molecular formula is C18H28N4O2. The van der Waals surface area contributed by atoms with Crippen LogP contribution in [0.15, 0.2) is 6.20 Å². The van der Waals surface area contributed by atoms with Gasteiger partial charge in [-0.15, -0.1) is 0 Å². The number of amides is 1. The van der Waals surface area contributed by atoms with E-state index in [2.05, 4.69) is 10.00 Å². The Labute approximate surface area is 143 Å². The number of aryl methyl sites for hydroxylation is 2. The molecule has 3 aliphatic heterocycles. The second-order valence-electron chi connectivity index (χ2n) is 7.59. The molecule has 4 heterocycles. The van der Waals surface area contributed by atoms with Gasteiger partial charge in [-0.3, -0.25) is 14.4 Å². The van der Waals surface area contributed by atoms with Gasteiger partial charge in [-0.2, -0.15) is 5.10 Å². The number of rotatable bonds is 3. The molecule has 1 spiro atoms. The van der Waals surface area contributed by atoms with Gasteiger partial charge in [-0.05, 0) is 46.2 Å². The maximum absolute atomic E-state index is 12.7. The van der Waals surface area contributed by atoms with Gasteiger partial charge in [0.15, 0.2) is 0 Å². The quantitative estimate of drug-likeness (QED) is 0.845. The molecule has 1 amide bonds. The molecule has 1 aromatic rings. The summed E-state index contributed by atoms with van der Waals surface area (Å²) >= 11 is 0. The van der Waals surface area contributed by atoms with Crippen molar-refractivity contribution in [1.82, 2.24) is 19.6 Å². The third-order valence-corrected chi connectivity index (χ3v) is 5.84. The van der Waals surface area contributed by atoms with E-state index in [1.165, 1.54) is 32.4 Å². The second kappa shape index (κ2) is 6.15. The highest BCUT2D eigenvalue weighted by Gasteiger charge is 2.52. The zero-order valence-electron chi connectivity index (χ0n) is 14.8. The number of hydrogen-bond acceptors (Lipinski definition) is 4. The first-order valence-corrected chi connectivity index (χ1v) is 9.31. The molecule has 0 aliphatic carbocycles. The fourth-order valence-electron chi connectivity index (χ4n) is 4.41. The van der Waals surface area contributed by atoms with Gasteiger partial charge in [0, 0.05) is 18.8 Å². The summed E-state index contributed by atoms with van der Waals surface area (Å²) < 4.78 is 7.99. The van der Waals surface area contributed by atoms with Crippen LogP contribution in [0.4, 0.5) is 0 Å². The summed E-state index contributed by atoms with van der Waals surface area (Å²) in [6, 6.07) is 0.548. The molecule has 0 N–H and O–H groups in total. The maximum atomic E-state index is 12.7. The Kier molecular flexibility index (Phi) is 4.12. The Morgan fingerprint density at radius 3 is 2.75 bits per heavy atom.